The molecule has 0 rings (SSSR count). The minimum atomic E-state index is -1.01. The summed E-state index contributed by atoms with van der Waals surface area (Å²) in [7, 11) is 0. The Morgan fingerprint density at radius 2 is 1.89 bits per heavy atom. The van der Waals surface area contributed by atoms with E-state index in [1.54, 1.807) is 0 Å². The van der Waals surface area contributed by atoms with E-state index in [0.717, 1.165) is 12.8 Å². The number of unbranched alkanes of at least 4 members (excludes halogenated alkanes) is 1. The van der Waals surface area contributed by atoms with Crippen molar-refractivity contribution in [3.05, 3.63) is 0 Å². The van der Waals surface area contributed by atoms with Crippen molar-refractivity contribution in [2.75, 3.05) is 13.2 Å². The van der Waals surface area contributed by atoms with Crippen LogP contribution in [0.2, 0.25) is 0 Å². The number of aliphatic hydroxyl groups is 1. The summed E-state index contributed by atoms with van der Waals surface area (Å²) in [6.45, 7) is 6.12. The number of nitrogens with zero attached hydrogens (tertiary/aromatic N) is 1. The molecule has 0 fully saturated rings. The molecule has 0 saturated heterocycles. The molecule has 1 atom stereocenters. The molecule has 112 valence electrons. The highest BCUT2D eigenvalue weighted by molar-refractivity contribution is 5.82. The number of carboxylic acid groups (broad SMARTS) is 1. The molecule has 0 aliphatic rings. The van der Waals surface area contributed by atoms with Crippen molar-refractivity contribution in [3.8, 4) is 0 Å². The van der Waals surface area contributed by atoms with Crippen LogP contribution in [0.25, 0.3) is 0 Å². The number of aliphatic hydroxyl groups excluding tert-OH is 1. The molecule has 3 N–H and O–H groups in total. The van der Waals surface area contributed by atoms with E-state index in [0.29, 0.717) is 19.4 Å². The molecule has 0 spiro atoms. The van der Waals surface area contributed by atoms with Crippen LogP contribution in [0.3, 0.4) is 0 Å². The number of carbonyl (C=O) groups is 2. The average molecular weight is 274 g/mol. The van der Waals surface area contributed by atoms with Gasteiger partial charge in [-0.1, -0.05) is 19.8 Å². The summed E-state index contributed by atoms with van der Waals surface area (Å²) < 4.78 is 0. The van der Waals surface area contributed by atoms with Crippen LogP contribution in [0.5, 0.6) is 0 Å². The van der Waals surface area contributed by atoms with Crippen LogP contribution < -0.4 is 5.32 Å². The van der Waals surface area contributed by atoms with Crippen LogP contribution >= 0.6 is 0 Å². The second-order valence-electron chi connectivity index (χ2n) is 4.85. The zero-order valence-corrected chi connectivity index (χ0v) is 12.1. The quantitative estimate of drug-likeness (QED) is 0.593. The minimum Gasteiger partial charge on any atom is -0.480 e. The van der Waals surface area contributed by atoms with Gasteiger partial charge in [-0.3, -0.25) is 0 Å². The molecule has 6 nitrogen and oxygen atoms in total. The highest BCUT2D eigenvalue weighted by Gasteiger charge is 2.23. The summed E-state index contributed by atoms with van der Waals surface area (Å²) in [6.07, 6.45) is 2.56. The van der Waals surface area contributed by atoms with E-state index in [9.17, 15) is 9.59 Å². The van der Waals surface area contributed by atoms with Gasteiger partial charge in [0.2, 0.25) is 0 Å². The molecule has 0 aliphatic carbocycles. The lowest BCUT2D eigenvalue weighted by Crippen LogP contribution is -2.50. The third kappa shape index (κ3) is 7.00. The zero-order valence-electron chi connectivity index (χ0n) is 12.1. The van der Waals surface area contributed by atoms with Crippen molar-refractivity contribution in [1.82, 2.24) is 10.2 Å². The maximum atomic E-state index is 12.0. The Morgan fingerprint density at radius 1 is 1.26 bits per heavy atom. The standard InChI is InChI=1S/C13H26N2O4/c1-4-5-7-11(12(17)18)14-13(19)15(10(2)3)8-6-9-16/h10-11,16H,4-9H2,1-3H3,(H,14,19)(H,17,18)/t11-/m0/s1. The molecule has 0 unspecified atom stereocenters. The minimum absolute atomic E-state index is 0.00862. The number of urea groups is 1. The van der Waals surface area contributed by atoms with E-state index in [-0.39, 0.29) is 18.7 Å². The van der Waals surface area contributed by atoms with Crippen LogP contribution in [-0.2, 0) is 4.79 Å². The Hall–Kier alpha value is -1.30. The first-order valence-electron chi connectivity index (χ1n) is 6.84. The van der Waals surface area contributed by atoms with Crippen molar-refractivity contribution >= 4 is 12.0 Å². The van der Waals surface area contributed by atoms with Crippen molar-refractivity contribution in [2.24, 2.45) is 0 Å². The van der Waals surface area contributed by atoms with Gasteiger partial charge in [0.1, 0.15) is 6.04 Å². The molecule has 6 heteroatoms. The molecule has 0 saturated carbocycles. The van der Waals surface area contributed by atoms with Gasteiger partial charge in [0, 0.05) is 19.2 Å². The Bertz CT molecular complexity index is 282. The van der Waals surface area contributed by atoms with Crippen molar-refractivity contribution in [1.29, 1.82) is 0 Å². The lowest BCUT2D eigenvalue weighted by molar-refractivity contribution is -0.139. The number of nitrogens with one attached hydrogen (secondary N) is 1. The molecule has 0 heterocycles. The Labute approximate surface area is 114 Å². The predicted molar refractivity (Wildman–Crippen MR) is 73.0 cm³/mol. The lowest BCUT2D eigenvalue weighted by Gasteiger charge is -2.28. The second kappa shape index (κ2) is 9.61. The van der Waals surface area contributed by atoms with Gasteiger partial charge in [0.15, 0.2) is 0 Å². The number of carboxylic acids is 1. The van der Waals surface area contributed by atoms with Crippen LogP contribution in [-0.4, -0.2) is 52.3 Å². The first-order chi connectivity index (χ1) is 8.93. The maximum Gasteiger partial charge on any atom is 0.326 e. The summed E-state index contributed by atoms with van der Waals surface area (Å²) in [5, 5.41) is 20.4. The molecule has 0 radical (unpaired) electrons. The van der Waals surface area contributed by atoms with E-state index >= 15 is 0 Å². The highest BCUT2D eigenvalue weighted by atomic mass is 16.4. The third-order valence-electron chi connectivity index (χ3n) is 2.88. The van der Waals surface area contributed by atoms with Crippen LogP contribution in [0.15, 0.2) is 0 Å². The summed E-state index contributed by atoms with van der Waals surface area (Å²) in [5.74, 6) is -1.01. The molecule has 0 aliphatic heterocycles. The number of carbonyl (C=O) groups excluding carboxylic acids is 1. The van der Waals surface area contributed by atoms with Crippen LogP contribution in [0.1, 0.15) is 46.5 Å². The number of hydrogen-bond donors (Lipinski definition) is 3. The topological polar surface area (TPSA) is 89.9 Å². The molecule has 0 aromatic heterocycles. The molecular formula is C13H26N2O4. The fourth-order valence-corrected chi connectivity index (χ4v) is 1.73. The molecule has 0 aromatic carbocycles. The second-order valence-corrected chi connectivity index (χ2v) is 4.85. The summed E-state index contributed by atoms with van der Waals surface area (Å²) in [4.78, 5) is 24.7. The zero-order chi connectivity index (χ0) is 14.8. The smallest absolute Gasteiger partial charge is 0.326 e. The van der Waals surface area contributed by atoms with Crippen molar-refractivity contribution in [3.63, 3.8) is 0 Å². The average Bonchev–Trinajstić information content (AvgIpc) is 2.34. The van der Waals surface area contributed by atoms with Gasteiger partial charge in [-0.2, -0.15) is 0 Å². The molecule has 19 heavy (non-hydrogen) atoms. The SMILES string of the molecule is CCCC[C@H](NC(=O)N(CCCO)C(C)C)C(=O)O. The van der Waals surface area contributed by atoms with Gasteiger partial charge in [0.05, 0.1) is 0 Å². The van der Waals surface area contributed by atoms with E-state index in [4.69, 9.17) is 10.2 Å². The molecule has 2 amide bonds. The van der Waals surface area contributed by atoms with Gasteiger partial charge in [-0.25, -0.2) is 9.59 Å². The van der Waals surface area contributed by atoms with Crippen molar-refractivity contribution in [2.45, 2.75) is 58.5 Å². The monoisotopic (exact) mass is 274 g/mol. The van der Waals surface area contributed by atoms with Gasteiger partial charge in [-0.15, -0.1) is 0 Å². The van der Waals surface area contributed by atoms with Gasteiger partial charge >= 0.3 is 12.0 Å². The fourth-order valence-electron chi connectivity index (χ4n) is 1.73. The van der Waals surface area contributed by atoms with Crippen LogP contribution in [0.4, 0.5) is 4.79 Å². The number of amides is 2. The fraction of sp³-hybridized carbons (Fsp3) is 0.846. The Morgan fingerprint density at radius 3 is 2.32 bits per heavy atom. The summed E-state index contributed by atoms with van der Waals surface area (Å²) >= 11 is 0. The molecule has 0 bridgehead atoms. The van der Waals surface area contributed by atoms with E-state index in [1.165, 1.54) is 4.90 Å². The van der Waals surface area contributed by atoms with E-state index < -0.39 is 12.0 Å². The first-order valence-corrected chi connectivity index (χ1v) is 6.84. The normalized spacial score (nSPS) is 12.3. The maximum absolute atomic E-state index is 12.0. The van der Waals surface area contributed by atoms with Crippen LogP contribution in [0, 0.1) is 0 Å². The third-order valence-corrected chi connectivity index (χ3v) is 2.88. The highest BCUT2D eigenvalue weighted by Crippen LogP contribution is 2.05. The summed E-state index contributed by atoms with van der Waals surface area (Å²) in [6, 6.07) is -1.26. The van der Waals surface area contributed by atoms with E-state index in [1.807, 2.05) is 20.8 Å². The number of hydrogen-bond acceptors (Lipinski definition) is 3. The summed E-state index contributed by atoms with van der Waals surface area (Å²) in [5.41, 5.74) is 0. The van der Waals surface area contributed by atoms with Gasteiger partial charge < -0.3 is 20.4 Å². The largest absolute Gasteiger partial charge is 0.480 e. The molecular weight excluding hydrogens is 248 g/mol. The Kier molecular flexibility index (Phi) is 8.95. The van der Waals surface area contributed by atoms with Crippen molar-refractivity contribution < 1.29 is 19.8 Å². The predicted octanol–water partition coefficient (Wildman–Crippen LogP) is 1.43. The van der Waals surface area contributed by atoms with Gasteiger partial charge in [0.25, 0.3) is 0 Å². The lowest BCUT2D eigenvalue weighted by atomic mass is 10.1. The number of rotatable bonds is 9. The van der Waals surface area contributed by atoms with E-state index in [2.05, 4.69) is 5.32 Å². The molecule has 0 aromatic rings. The number of aliphatic carboxylic acids is 1. The Balaban J connectivity index is 4.52. The van der Waals surface area contributed by atoms with Gasteiger partial charge in [-0.05, 0) is 26.7 Å². The first kappa shape index (κ1) is 17.7.